The summed E-state index contributed by atoms with van der Waals surface area (Å²) in [5.74, 6) is 0.182. The molecular weight excluding hydrogens is 256 g/mol. The van der Waals surface area contributed by atoms with Crippen LogP contribution in [-0.4, -0.2) is 49.4 Å². The number of carbonyl (C=O) groups excluding carboxylic acids is 2. The number of nitrogens with one attached hydrogen (secondary N) is 1. The third kappa shape index (κ3) is 4.06. The summed E-state index contributed by atoms with van der Waals surface area (Å²) >= 11 is 0. The molecule has 0 spiro atoms. The van der Waals surface area contributed by atoms with E-state index >= 15 is 0 Å². The fraction of sp³-hybridized carbons (Fsp3) is 0.467. The first-order chi connectivity index (χ1) is 9.66. The van der Waals surface area contributed by atoms with E-state index in [4.69, 9.17) is 4.74 Å². The van der Waals surface area contributed by atoms with E-state index in [2.05, 4.69) is 5.32 Å². The normalized spacial score (nSPS) is 14.9. The molecule has 0 unspecified atom stereocenters. The quantitative estimate of drug-likeness (QED) is 0.829. The molecule has 0 bridgehead atoms. The van der Waals surface area contributed by atoms with E-state index in [0.29, 0.717) is 44.8 Å². The van der Waals surface area contributed by atoms with Gasteiger partial charge < -0.3 is 15.0 Å². The first-order valence-corrected chi connectivity index (χ1v) is 6.87. The third-order valence-corrected chi connectivity index (χ3v) is 3.30. The highest BCUT2D eigenvalue weighted by molar-refractivity contribution is 5.94. The van der Waals surface area contributed by atoms with Gasteiger partial charge in [-0.3, -0.25) is 9.59 Å². The summed E-state index contributed by atoms with van der Waals surface area (Å²) in [6, 6.07) is 7.32. The van der Waals surface area contributed by atoms with E-state index in [1.165, 1.54) is 0 Å². The van der Waals surface area contributed by atoms with Gasteiger partial charge in [-0.15, -0.1) is 0 Å². The molecule has 5 nitrogen and oxygen atoms in total. The SMILES string of the molecule is CC(=O)c1cccc(NCCC(=O)N2CCOCC2)c1. The molecule has 1 aromatic rings. The number of Topliss-reactive ketones (excluding diaryl/α,β-unsaturated/α-hetero) is 1. The van der Waals surface area contributed by atoms with Crippen LogP contribution in [0.5, 0.6) is 0 Å². The van der Waals surface area contributed by atoms with Gasteiger partial charge in [-0.25, -0.2) is 0 Å². The zero-order chi connectivity index (χ0) is 14.4. The van der Waals surface area contributed by atoms with Crippen LogP contribution < -0.4 is 5.32 Å². The molecular formula is C15H20N2O3. The van der Waals surface area contributed by atoms with Gasteiger partial charge in [0.25, 0.3) is 0 Å². The van der Waals surface area contributed by atoms with Crippen molar-refractivity contribution in [3.8, 4) is 0 Å². The average molecular weight is 276 g/mol. The molecule has 1 aliphatic rings. The lowest BCUT2D eigenvalue weighted by Gasteiger charge is -2.26. The highest BCUT2D eigenvalue weighted by Gasteiger charge is 2.15. The minimum atomic E-state index is 0.0399. The topological polar surface area (TPSA) is 58.6 Å². The van der Waals surface area contributed by atoms with Gasteiger partial charge in [0.15, 0.2) is 5.78 Å². The van der Waals surface area contributed by atoms with Crippen molar-refractivity contribution in [3.05, 3.63) is 29.8 Å². The van der Waals surface area contributed by atoms with Crippen molar-refractivity contribution in [1.29, 1.82) is 0 Å². The molecule has 1 saturated heterocycles. The number of ether oxygens (including phenoxy) is 1. The molecule has 108 valence electrons. The van der Waals surface area contributed by atoms with Crippen LogP contribution in [0.2, 0.25) is 0 Å². The van der Waals surface area contributed by atoms with Crippen molar-refractivity contribution < 1.29 is 14.3 Å². The lowest BCUT2D eigenvalue weighted by Crippen LogP contribution is -2.41. The number of morpholine rings is 1. The number of anilines is 1. The molecule has 1 N–H and O–H groups in total. The number of carbonyl (C=O) groups is 2. The fourth-order valence-electron chi connectivity index (χ4n) is 2.13. The highest BCUT2D eigenvalue weighted by atomic mass is 16.5. The van der Waals surface area contributed by atoms with Crippen LogP contribution >= 0.6 is 0 Å². The predicted molar refractivity (Wildman–Crippen MR) is 77.0 cm³/mol. The lowest BCUT2D eigenvalue weighted by molar-refractivity contribution is -0.134. The van der Waals surface area contributed by atoms with E-state index in [0.717, 1.165) is 5.69 Å². The Bertz CT molecular complexity index is 482. The molecule has 0 atom stereocenters. The van der Waals surface area contributed by atoms with Crippen molar-refractivity contribution in [2.45, 2.75) is 13.3 Å². The summed E-state index contributed by atoms with van der Waals surface area (Å²) < 4.78 is 5.22. The molecule has 5 heteroatoms. The van der Waals surface area contributed by atoms with Crippen molar-refractivity contribution in [3.63, 3.8) is 0 Å². The second kappa shape index (κ2) is 7.05. The van der Waals surface area contributed by atoms with Gasteiger partial charge in [-0.1, -0.05) is 12.1 Å². The van der Waals surface area contributed by atoms with E-state index in [-0.39, 0.29) is 11.7 Å². The first-order valence-electron chi connectivity index (χ1n) is 6.87. The summed E-state index contributed by atoms with van der Waals surface area (Å²) in [4.78, 5) is 25.1. The Hall–Kier alpha value is -1.88. The molecule has 0 aromatic heterocycles. The maximum Gasteiger partial charge on any atom is 0.224 e. The monoisotopic (exact) mass is 276 g/mol. The second-order valence-corrected chi connectivity index (χ2v) is 4.81. The zero-order valence-electron chi connectivity index (χ0n) is 11.7. The van der Waals surface area contributed by atoms with Gasteiger partial charge in [-0.05, 0) is 19.1 Å². The average Bonchev–Trinajstić information content (AvgIpc) is 2.48. The Morgan fingerprint density at radius 1 is 1.30 bits per heavy atom. The smallest absolute Gasteiger partial charge is 0.224 e. The minimum absolute atomic E-state index is 0.0399. The van der Waals surface area contributed by atoms with Crippen LogP contribution in [0.25, 0.3) is 0 Å². The van der Waals surface area contributed by atoms with Gasteiger partial charge in [0.2, 0.25) is 5.91 Å². The fourth-order valence-corrected chi connectivity index (χ4v) is 2.13. The Kier molecular flexibility index (Phi) is 5.12. The van der Waals surface area contributed by atoms with Crippen molar-refractivity contribution >= 4 is 17.4 Å². The second-order valence-electron chi connectivity index (χ2n) is 4.81. The van der Waals surface area contributed by atoms with Gasteiger partial charge in [-0.2, -0.15) is 0 Å². The summed E-state index contributed by atoms with van der Waals surface area (Å²) in [7, 11) is 0. The van der Waals surface area contributed by atoms with Gasteiger partial charge >= 0.3 is 0 Å². The Morgan fingerprint density at radius 3 is 2.75 bits per heavy atom. The number of nitrogens with zero attached hydrogens (tertiary/aromatic N) is 1. The number of hydrogen-bond acceptors (Lipinski definition) is 4. The summed E-state index contributed by atoms with van der Waals surface area (Å²) in [6.45, 7) is 4.72. The molecule has 1 heterocycles. The highest BCUT2D eigenvalue weighted by Crippen LogP contribution is 2.11. The molecule has 1 aliphatic heterocycles. The standard InChI is InChI=1S/C15H20N2O3/c1-12(18)13-3-2-4-14(11-13)16-6-5-15(19)17-7-9-20-10-8-17/h2-4,11,16H,5-10H2,1H3. The van der Waals surface area contributed by atoms with Crippen molar-refractivity contribution in [2.75, 3.05) is 38.2 Å². The van der Waals surface area contributed by atoms with Crippen molar-refractivity contribution in [1.82, 2.24) is 4.90 Å². The van der Waals surface area contributed by atoms with Crippen LogP contribution in [0.4, 0.5) is 5.69 Å². The van der Waals surface area contributed by atoms with E-state index in [1.54, 1.807) is 13.0 Å². The molecule has 0 radical (unpaired) electrons. The molecule has 1 fully saturated rings. The van der Waals surface area contributed by atoms with Crippen LogP contribution in [0.1, 0.15) is 23.7 Å². The Labute approximate surface area is 118 Å². The number of hydrogen-bond donors (Lipinski definition) is 1. The van der Waals surface area contributed by atoms with E-state index in [9.17, 15) is 9.59 Å². The van der Waals surface area contributed by atoms with Crippen LogP contribution in [0.3, 0.4) is 0 Å². The Balaban J connectivity index is 1.79. The predicted octanol–water partition coefficient (Wildman–Crippen LogP) is 1.55. The van der Waals surface area contributed by atoms with Crippen molar-refractivity contribution in [2.24, 2.45) is 0 Å². The maximum absolute atomic E-state index is 11.9. The summed E-state index contributed by atoms with van der Waals surface area (Å²) in [6.07, 6.45) is 0.449. The number of ketones is 1. The molecule has 1 aromatic carbocycles. The minimum Gasteiger partial charge on any atom is -0.385 e. The van der Waals surface area contributed by atoms with Gasteiger partial charge in [0, 0.05) is 37.3 Å². The lowest BCUT2D eigenvalue weighted by atomic mass is 10.1. The van der Waals surface area contributed by atoms with Gasteiger partial charge in [0.05, 0.1) is 13.2 Å². The number of amides is 1. The van der Waals surface area contributed by atoms with Crippen LogP contribution in [0.15, 0.2) is 24.3 Å². The number of rotatable bonds is 5. The molecule has 0 aliphatic carbocycles. The summed E-state index contributed by atoms with van der Waals surface area (Å²) in [5, 5.41) is 3.18. The van der Waals surface area contributed by atoms with Gasteiger partial charge in [0.1, 0.15) is 0 Å². The summed E-state index contributed by atoms with van der Waals surface area (Å²) in [5.41, 5.74) is 1.54. The third-order valence-electron chi connectivity index (χ3n) is 3.30. The first kappa shape index (κ1) is 14.5. The van der Waals surface area contributed by atoms with E-state index < -0.39 is 0 Å². The largest absolute Gasteiger partial charge is 0.385 e. The molecule has 0 saturated carbocycles. The molecule has 2 rings (SSSR count). The van der Waals surface area contributed by atoms with Crippen LogP contribution in [0, 0.1) is 0 Å². The maximum atomic E-state index is 11.9. The molecule has 20 heavy (non-hydrogen) atoms. The Morgan fingerprint density at radius 2 is 2.05 bits per heavy atom. The van der Waals surface area contributed by atoms with Crippen LogP contribution in [-0.2, 0) is 9.53 Å². The molecule has 1 amide bonds. The zero-order valence-corrected chi connectivity index (χ0v) is 11.7. The number of benzene rings is 1. The van der Waals surface area contributed by atoms with E-state index in [1.807, 2.05) is 23.1 Å².